The van der Waals surface area contributed by atoms with Crippen LogP contribution in [0.4, 0.5) is 0 Å². The van der Waals surface area contributed by atoms with Crippen molar-refractivity contribution in [3.05, 3.63) is 121 Å². The lowest BCUT2D eigenvalue weighted by molar-refractivity contribution is 1.15. The molecule has 0 amide bonds. The lowest BCUT2D eigenvalue weighted by Gasteiger charge is -2.34. The molecule has 186 valence electrons. The number of hydrogen-bond acceptors (Lipinski definition) is 1. The minimum Gasteiger partial charge on any atom is -0.310 e. The van der Waals surface area contributed by atoms with Gasteiger partial charge < -0.3 is 9.13 Å². The molecule has 0 unspecified atom stereocenters. The molecule has 0 N–H and O–H groups in total. The second kappa shape index (κ2) is 6.86. The molecule has 0 fully saturated rings. The summed E-state index contributed by atoms with van der Waals surface area (Å²) in [5.74, 6) is 0. The third-order valence-electron chi connectivity index (χ3n) is 9.70. The average Bonchev–Trinajstić information content (AvgIpc) is 3.55. The lowest BCUT2D eigenvalue weighted by Crippen LogP contribution is -2.59. The van der Waals surface area contributed by atoms with Crippen LogP contribution in [0.5, 0.6) is 0 Å². The second-order valence-corrected chi connectivity index (χ2v) is 11.5. The van der Waals surface area contributed by atoms with Crippen molar-refractivity contribution in [2.24, 2.45) is 0 Å². The maximum atomic E-state index is 5.23. The monoisotopic (exact) mass is 517 g/mol. The van der Waals surface area contributed by atoms with E-state index in [1.54, 1.807) is 0 Å². The maximum Gasteiger partial charge on any atom is 0.252 e. The van der Waals surface area contributed by atoms with Crippen molar-refractivity contribution in [1.82, 2.24) is 14.1 Å². The van der Waals surface area contributed by atoms with Gasteiger partial charge in [-0.25, -0.2) is 0 Å². The normalized spacial score (nSPS) is 13.3. The first-order chi connectivity index (χ1) is 20.4. The Labute approximate surface area is 235 Å². The largest absolute Gasteiger partial charge is 0.310 e. The summed E-state index contributed by atoms with van der Waals surface area (Å²) in [6, 6.07) is 42.6. The van der Waals surface area contributed by atoms with Crippen molar-refractivity contribution in [2.75, 3.05) is 0 Å². The van der Waals surface area contributed by atoms with E-state index in [2.05, 4.69) is 131 Å². The van der Waals surface area contributed by atoms with Crippen molar-refractivity contribution in [1.29, 1.82) is 0 Å². The Morgan fingerprint density at radius 1 is 0.512 bits per heavy atom. The molecule has 0 saturated carbocycles. The SMILES string of the molecule is c1ccc2c(c1)cnc1c3c4c(cc12)-n1c2ccccc2c2cccc(c21)B4c1cccc2c4ccccc4n-3c12. The molecule has 0 saturated heterocycles. The van der Waals surface area contributed by atoms with E-state index in [0.29, 0.717) is 0 Å². The quantitative estimate of drug-likeness (QED) is 0.162. The third-order valence-corrected chi connectivity index (χ3v) is 9.70. The van der Waals surface area contributed by atoms with E-state index in [4.69, 9.17) is 4.98 Å². The van der Waals surface area contributed by atoms with E-state index in [1.807, 2.05) is 0 Å². The Morgan fingerprint density at radius 2 is 1.10 bits per heavy atom. The van der Waals surface area contributed by atoms with E-state index >= 15 is 0 Å². The van der Waals surface area contributed by atoms with E-state index in [-0.39, 0.29) is 6.71 Å². The summed E-state index contributed by atoms with van der Waals surface area (Å²) < 4.78 is 5.06. The zero-order chi connectivity index (χ0) is 26.4. The molecule has 9 aromatic rings. The number of fused-ring (bicyclic) bond motifs is 14. The number of rotatable bonds is 0. The zero-order valence-corrected chi connectivity index (χ0v) is 22.0. The third kappa shape index (κ3) is 2.23. The predicted molar refractivity (Wildman–Crippen MR) is 173 cm³/mol. The van der Waals surface area contributed by atoms with Crippen molar-refractivity contribution < 1.29 is 0 Å². The Hall–Kier alpha value is -5.35. The van der Waals surface area contributed by atoms with Crippen LogP contribution < -0.4 is 16.4 Å². The molecule has 0 aliphatic carbocycles. The summed E-state index contributed by atoms with van der Waals surface area (Å²) in [5, 5.41) is 8.83. The molecule has 41 heavy (non-hydrogen) atoms. The van der Waals surface area contributed by atoms with Gasteiger partial charge in [-0.15, -0.1) is 0 Å². The molecule has 5 heterocycles. The molecule has 11 rings (SSSR count). The maximum absolute atomic E-state index is 5.23. The molecular weight excluding hydrogens is 497 g/mol. The minimum atomic E-state index is 0.124. The van der Waals surface area contributed by atoms with Gasteiger partial charge in [-0.05, 0) is 40.0 Å². The fourth-order valence-electron chi connectivity index (χ4n) is 8.20. The van der Waals surface area contributed by atoms with Crippen LogP contribution in [0.25, 0.3) is 76.7 Å². The van der Waals surface area contributed by atoms with Crippen LogP contribution in [0, 0.1) is 0 Å². The molecule has 4 heteroatoms. The van der Waals surface area contributed by atoms with Crippen molar-refractivity contribution >= 4 is 88.4 Å². The van der Waals surface area contributed by atoms with Crippen molar-refractivity contribution in [3.63, 3.8) is 0 Å². The van der Waals surface area contributed by atoms with Crippen LogP contribution in [0.3, 0.4) is 0 Å². The fraction of sp³-hybridized carbons (Fsp3) is 0. The van der Waals surface area contributed by atoms with Gasteiger partial charge in [0.05, 0.1) is 22.2 Å². The van der Waals surface area contributed by atoms with Gasteiger partial charge >= 0.3 is 0 Å². The molecular formula is C37H20BN3. The molecule has 6 aromatic carbocycles. The first-order valence-electron chi connectivity index (χ1n) is 14.3. The second-order valence-electron chi connectivity index (χ2n) is 11.5. The summed E-state index contributed by atoms with van der Waals surface area (Å²) in [6.07, 6.45) is 2.05. The minimum absolute atomic E-state index is 0.124. The zero-order valence-electron chi connectivity index (χ0n) is 22.0. The van der Waals surface area contributed by atoms with Gasteiger partial charge in [0, 0.05) is 55.2 Å². The fourth-order valence-corrected chi connectivity index (χ4v) is 8.20. The molecule has 3 nitrogen and oxygen atoms in total. The van der Waals surface area contributed by atoms with E-state index < -0.39 is 0 Å². The first kappa shape index (κ1) is 20.5. The number of benzene rings is 6. The predicted octanol–water partition coefficient (Wildman–Crippen LogP) is 6.73. The first-order valence-corrected chi connectivity index (χ1v) is 14.3. The van der Waals surface area contributed by atoms with Gasteiger partial charge in [0.15, 0.2) is 0 Å². The number of nitrogens with zero attached hydrogens (tertiary/aromatic N) is 3. The smallest absolute Gasteiger partial charge is 0.252 e. The van der Waals surface area contributed by atoms with E-state index in [0.717, 1.165) is 5.52 Å². The summed E-state index contributed by atoms with van der Waals surface area (Å²) in [7, 11) is 0. The Balaban J connectivity index is 1.49. The number of para-hydroxylation sites is 4. The number of hydrogen-bond donors (Lipinski definition) is 0. The Morgan fingerprint density at radius 3 is 1.83 bits per heavy atom. The highest BCUT2D eigenvalue weighted by Gasteiger charge is 2.41. The summed E-state index contributed by atoms with van der Waals surface area (Å²) in [5.41, 5.74) is 12.8. The summed E-state index contributed by atoms with van der Waals surface area (Å²) >= 11 is 0. The summed E-state index contributed by atoms with van der Waals surface area (Å²) in [6.45, 7) is 0.124. The van der Waals surface area contributed by atoms with Crippen LogP contribution in [-0.2, 0) is 0 Å². The van der Waals surface area contributed by atoms with Crippen molar-refractivity contribution in [2.45, 2.75) is 0 Å². The number of aromatic nitrogens is 3. The van der Waals surface area contributed by atoms with E-state index in [1.165, 1.54) is 87.5 Å². The topological polar surface area (TPSA) is 22.8 Å². The molecule has 3 aromatic heterocycles. The van der Waals surface area contributed by atoms with Crippen LogP contribution in [0.15, 0.2) is 121 Å². The van der Waals surface area contributed by atoms with Crippen molar-refractivity contribution in [3.8, 4) is 11.4 Å². The highest BCUT2D eigenvalue weighted by atomic mass is 15.0. The summed E-state index contributed by atoms with van der Waals surface area (Å²) in [4.78, 5) is 5.23. The molecule has 0 bridgehead atoms. The number of pyridine rings is 1. The van der Waals surface area contributed by atoms with E-state index in [9.17, 15) is 0 Å². The standard InChI is InChI=1S/C37H20BN3/c1-2-10-22-21(9-1)20-39-34-27(22)19-32-33-37(34)41-31-18-6-4-12-24(31)26-14-8-16-29(36(26)41)38(33)28-15-7-13-25-23-11-3-5-17-30(23)40(32)35(25)28/h1-20H. The van der Waals surface area contributed by atoms with Gasteiger partial charge in [0.2, 0.25) is 0 Å². The lowest BCUT2D eigenvalue weighted by atomic mass is 9.34. The van der Waals surface area contributed by atoms with Gasteiger partial charge in [0.1, 0.15) is 0 Å². The van der Waals surface area contributed by atoms with Gasteiger partial charge in [-0.2, -0.15) is 0 Å². The van der Waals surface area contributed by atoms with Gasteiger partial charge in [-0.3, -0.25) is 4.98 Å². The molecule has 2 aliphatic heterocycles. The van der Waals surface area contributed by atoms with Gasteiger partial charge in [0.25, 0.3) is 6.71 Å². The van der Waals surface area contributed by atoms with Crippen LogP contribution in [-0.4, -0.2) is 20.8 Å². The molecule has 2 aliphatic rings. The molecule has 0 radical (unpaired) electrons. The highest BCUT2D eigenvalue weighted by molar-refractivity contribution is 7.00. The van der Waals surface area contributed by atoms with Gasteiger partial charge in [-0.1, -0.05) is 97.1 Å². The average molecular weight is 517 g/mol. The van der Waals surface area contributed by atoms with Crippen LogP contribution in [0.2, 0.25) is 0 Å². The molecule has 0 spiro atoms. The molecule has 0 atom stereocenters. The van der Waals surface area contributed by atoms with Crippen LogP contribution >= 0.6 is 0 Å². The Kier molecular flexibility index (Phi) is 3.44. The Bertz CT molecular complexity index is 2660. The highest BCUT2D eigenvalue weighted by Crippen LogP contribution is 2.41. The van der Waals surface area contributed by atoms with Crippen LogP contribution in [0.1, 0.15) is 0 Å².